The van der Waals surface area contributed by atoms with Crippen LogP contribution in [0.25, 0.3) is 6.08 Å². The van der Waals surface area contributed by atoms with Crippen molar-refractivity contribution in [3.8, 4) is 0 Å². The highest BCUT2D eigenvalue weighted by Gasteiger charge is 2.50. The Hall–Kier alpha value is -1.92. The second-order valence-corrected chi connectivity index (χ2v) is 27.7. The molecule has 7 nitrogen and oxygen atoms in total. The number of ketones is 1. The van der Waals surface area contributed by atoms with E-state index in [1.54, 1.807) is 6.20 Å². The van der Waals surface area contributed by atoms with Gasteiger partial charge >= 0.3 is 5.97 Å². The van der Waals surface area contributed by atoms with Crippen LogP contribution in [-0.2, 0) is 18.4 Å². The quantitative estimate of drug-likeness (QED) is 0.102. The van der Waals surface area contributed by atoms with Crippen LogP contribution in [0.5, 0.6) is 0 Å². The molecular formula is C41H73NO6Si2. The number of allylic oxidation sites excluding steroid dienone is 1. The van der Waals surface area contributed by atoms with Crippen molar-refractivity contribution >= 4 is 34.5 Å². The molecule has 0 spiro atoms. The number of nitrogens with zero attached hydrogens (tertiary/aromatic N) is 1. The second-order valence-electron chi connectivity index (χ2n) is 18.2. The zero-order valence-corrected chi connectivity index (χ0v) is 36.6. The van der Waals surface area contributed by atoms with Crippen molar-refractivity contribution in [2.75, 3.05) is 0 Å². The molecule has 0 aliphatic rings. The Labute approximate surface area is 308 Å². The van der Waals surface area contributed by atoms with Gasteiger partial charge in [-0.05, 0) is 112 Å². The van der Waals surface area contributed by atoms with Crippen molar-refractivity contribution in [2.45, 2.75) is 176 Å². The van der Waals surface area contributed by atoms with Gasteiger partial charge in [-0.25, -0.2) is 0 Å². The lowest BCUT2D eigenvalue weighted by Crippen LogP contribution is -2.54. The highest BCUT2D eigenvalue weighted by Crippen LogP contribution is 2.44. The molecule has 0 aliphatic heterocycles. The molecule has 50 heavy (non-hydrogen) atoms. The van der Waals surface area contributed by atoms with Crippen molar-refractivity contribution in [3.63, 3.8) is 0 Å². The van der Waals surface area contributed by atoms with Crippen LogP contribution >= 0.6 is 0 Å². The number of aliphatic hydroxyl groups excluding tert-OH is 1. The summed E-state index contributed by atoms with van der Waals surface area (Å²) in [6, 6.07) is 5.74. The van der Waals surface area contributed by atoms with E-state index in [9.17, 15) is 19.8 Å². The molecule has 1 aromatic heterocycles. The van der Waals surface area contributed by atoms with Crippen LogP contribution in [0.2, 0.25) is 36.3 Å². The Morgan fingerprint density at radius 3 is 1.98 bits per heavy atom. The average molecular weight is 732 g/mol. The van der Waals surface area contributed by atoms with Gasteiger partial charge in [0, 0.05) is 17.5 Å². The van der Waals surface area contributed by atoms with Gasteiger partial charge in [0.25, 0.3) is 0 Å². The lowest BCUT2D eigenvalue weighted by Gasteiger charge is -2.47. The second kappa shape index (κ2) is 18.7. The zero-order valence-electron chi connectivity index (χ0n) is 34.6. The Bertz CT molecular complexity index is 1290. The van der Waals surface area contributed by atoms with Crippen LogP contribution in [0.4, 0.5) is 0 Å². The largest absolute Gasteiger partial charge is 0.481 e. The zero-order chi connectivity index (χ0) is 38.9. The first-order chi connectivity index (χ1) is 22.7. The third kappa shape index (κ3) is 13.6. The van der Waals surface area contributed by atoms with E-state index < -0.39 is 46.1 Å². The maximum atomic E-state index is 14.8. The summed E-state index contributed by atoms with van der Waals surface area (Å²) in [5, 5.41) is 20.5. The van der Waals surface area contributed by atoms with Crippen molar-refractivity contribution in [1.82, 2.24) is 4.98 Å². The maximum Gasteiger partial charge on any atom is 0.305 e. The Kier molecular flexibility index (Phi) is 17.3. The molecule has 0 aromatic carbocycles. The number of aliphatic carboxylic acids is 1. The number of aromatic nitrogens is 1. The number of aliphatic hydroxyl groups is 1. The van der Waals surface area contributed by atoms with E-state index in [0.717, 1.165) is 30.5 Å². The van der Waals surface area contributed by atoms with E-state index in [4.69, 9.17) is 8.85 Å². The summed E-state index contributed by atoms with van der Waals surface area (Å²) in [7, 11) is -4.66. The number of carbonyl (C=O) groups excluding carboxylic acids is 1. The van der Waals surface area contributed by atoms with Crippen molar-refractivity contribution in [1.29, 1.82) is 0 Å². The topological polar surface area (TPSA) is 106 Å². The van der Waals surface area contributed by atoms with Gasteiger partial charge in [-0.1, -0.05) is 87.0 Å². The summed E-state index contributed by atoms with van der Waals surface area (Å²) >= 11 is 0. The number of Topliss-reactive ketones (excluding diaryl/α,β-unsaturated/α-hetero) is 1. The third-order valence-electron chi connectivity index (χ3n) is 11.5. The smallest absolute Gasteiger partial charge is 0.305 e. The van der Waals surface area contributed by atoms with Gasteiger partial charge in [-0.2, -0.15) is 0 Å². The molecule has 9 heteroatoms. The molecule has 0 bridgehead atoms. The Morgan fingerprint density at radius 2 is 1.50 bits per heavy atom. The van der Waals surface area contributed by atoms with Gasteiger partial charge in [0.15, 0.2) is 16.6 Å². The summed E-state index contributed by atoms with van der Waals surface area (Å²) in [6.07, 6.45) is 7.84. The molecule has 5 atom stereocenters. The molecule has 0 radical (unpaired) electrons. The van der Waals surface area contributed by atoms with Gasteiger partial charge in [-0.15, -0.1) is 0 Å². The molecule has 0 saturated heterocycles. The molecule has 0 unspecified atom stereocenters. The number of hydrogen-bond donors (Lipinski definition) is 2. The van der Waals surface area contributed by atoms with E-state index in [0.29, 0.717) is 12.8 Å². The number of carboxylic acids is 1. The fraction of sp³-hybridized carbons (Fsp3) is 0.732. The number of hydrogen-bond acceptors (Lipinski definition) is 6. The van der Waals surface area contributed by atoms with E-state index >= 15 is 0 Å². The van der Waals surface area contributed by atoms with E-state index in [2.05, 4.69) is 99.6 Å². The predicted molar refractivity (Wildman–Crippen MR) is 214 cm³/mol. The highest BCUT2D eigenvalue weighted by atomic mass is 28.4. The molecule has 1 heterocycles. The van der Waals surface area contributed by atoms with E-state index in [-0.39, 0.29) is 34.3 Å². The molecular weight excluding hydrogens is 659 g/mol. The summed E-state index contributed by atoms with van der Waals surface area (Å²) in [6.45, 7) is 33.8. The minimum Gasteiger partial charge on any atom is -0.481 e. The van der Waals surface area contributed by atoms with E-state index in [1.165, 1.54) is 5.57 Å². The lowest BCUT2D eigenvalue weighted by molar-refractivity contribution is -0.147. The summed E-state index contributed by atoms with van der Waals surface area (Å²) in [4.78, 5) is 31.2. The minimum absolute atomic E-state index is 0.0275. The van der Waals surface area contributed by atoms with Crippen LogP contribution in [0.15, 0.2) is 41.6 Å². The molecule has 0 aliphatic carbocycles. The highest BCUT2D eigenvalue weighted by molar-refractivity contribution is 6.74. The van der Waals surface area contributed by atoms with Gasteiger partial charge in [0.2, 0.25) is 0 Å². The fourth-order valence-electron chi connectivity index (χ4n) is 5.71. The molecule has 2 N–H and O–H groups in total. The number of carbonyl (C=O) groups is 2. The Balaban J connectivity index is 3.28. The van der Waals surface area contributed by atoms with Gasteiger partial charge in [-0.3, -0.25) is 14.6 Å². The van der Waals surface area contributed by atoms with E-state index in [1.807, 2.05) is 45.0 Å². The first kappa shape index (κ1) is 46.1. The standard InChI is InChI=1S/C41H73NO6Si2/c1-17-33(38(46)41(11,12)35(28-36(44)45)47-49(13,14)39(5,6)7)37(48-50(15,16)40(8,9)10)30(3)22-20-21-29(2)24-25-34(43)31(4)27-32-23-18-19-26-42-32/h18-19,23-24,26-27,30,33-35,37,43H,17,20-22,25,28H2,1-16H3,(H,44,45)/t30-,33+,34-,35-,37-/m0/s1. The monoisotopic (exact) mass is 731 g/mol. The van der Waals surface area contributed by atoms with Gasteiger partial charge < -0.3 is 19.1 Å². The summed E-state index contributed by atoms with van der Waals surface area (Å²) in [5.41, 5.74) is 1.92. The van der Waals surface area contributed by atoms with Crippen LogP contribution in [0.3, 0.4) is 0 Å². The molecule has 0 amide bonds. The van der Waals surface area contributed by atoms with Crippen LogP contribution in [-0.4, -0.2) is 61.9 Å². The Morgan fingerprint density at radius 1 is 0.940 bits per heavy atom. The number of rotatable bonds is 20. The molecule has 0 saturated carbocycles. The minimum atomic E-state index is -2.38. The van der Waals surface area contributed by atoms with Crippen LogP contribution in [0, 0.1) is 17.3 Å². The third-order valence-corrected chi connectivity index (χ3v) is 20.5. The maximum absolute atomic E-state index is 14.8. The van der Waals surface area contributed by atoms with Gasteiger partial charge in [0.1, 0.15) is 5.78 Å². The SMILES string of the molecule is CC[C@@H](C(=O)C(C)(C)[C@H](CC(=O)O)O[Si](C)(C)C(C)(C)C)[C@@H](O[Si](C)(C)C(C)(C)C)[C@@H](C)CCCC(C)=CC[C@H](O)C(C)=Cc1ccccn1. The average Bonchev–Trinajstić information content (AvgIpc) is 2.98. The van der Waals surface area contributed by atoms with Crippen LogP contribution < -0.4 is 0 Å². The van der Waals surface area contributed by atoms with Gasteiger partial charge in [0.05, 0.1) is 30.4 Å². The molecule has 286 valence electrons. The van der Waals surface area contributed by atoms with Crippen molar-refractivity contribution in [3.05, 3.63) is 47.3 Å². The van der Waals surface area contributed by atoms with Crippen molar-refractivity contribution < 1.29 is 28.7 Å². The molecule has 1 aromatic rings. The number of carboxylic acid groups (broad SMARTS) is 1. The normalized spacial score (nSPS) is 17.2. The summed E-state index contributed by atoms with van der Waals surface area (Å²) < 4.78 is 13.9. The molecule has 1 rings (SSSR count). The predicted octanol–water partition coefficient (Wildman–Crippen LogP) is 10.9. The van der Waals surface area contributed by atoms with Crippen LogP contribution in [0.1, 0.15) is 127 Å². The molecule has 0 fully saturated rings. The fourth-order valence-corrected chi connectivity index (χ4v) is 8.58. The first-order valence-corrected chi connectivity index (χ1v) is 24.5. The first-order valence-electron chi connectivity index (χ1n) is 18.7. The van der Waals surface area contributed by atoms with Crippen molar-refractivity contribution in [2.24, 2.45) is 17.3 Å². The number of pyridine rings is 1. The lowest BCUT2D eigenvalue weighted by atomic mass is 9.71. The summed E-state index contributed by atoms with van der Waals surface area (Å²) in [5.74, 6) is -1.22.